The number of nitrogens with one attached hydrogen (secondary N) is 2. The van der Waals surface area contributed by atoms with Crippen LogP contribution in [0.25, 0.3) is 0 Å². The van der Waals surface area contributed by atoms with Crippen molar-refractivity contribution in [1.82, 2.24) is 5.32 Å². The molecule has 5 nitrogen and oxygen atoms in total. The Bertz CT molecular complexity index is 528. The van der Waals surface area contributed by atoms with Crippen LogP contribution in [-0.4, -0.2) is 24.5 Å². The van der Waals surface area contributed by atoms with Crippen LogP contribution in [-0.2, 0) is 11.2 Å². The highest BCUT2D eigenvalue weighted by Gasteiger charge is 2.22. The molecule has 1 unspecified atom stereocenters. The molecule has 20 heavy (non-hydrogen) atoms. The predicted molar refractivity (Wildman–Crippen MR) is 80.1 cm³/mol. The van der Waals surface area contributed by atoms with Gasteiger partial charge in [-0.15, -0.1) is 0 Å². The van der Waals surface area contributed by atoms with Crippen LogP contribution in [0.3, 0.4) is 0 Å². The number of anilines is 2. The summed E-state index contributed by atoms with van der Waals surface area (Å²) in [5, 5.41) is 5.66. The van der Waals surface area contributed by atoms with Gasteiger partial charge < -0.3 is 15.5 Å². The number of amides is 3. The van der Waals surface area contributed by atoms with Crippen LogP contribution in [0, 0.1) is 0 Å². The van der Waals surface area contributed by atoms with Crippen LogP contribution in [0.1, 0.15) is 32.8 Å². The Balaban J connectivity index is 2.10. The molecule has 108 valence electrons. The van der Waals surface area contributed by atoms with Gasteiger partial charge in [-0.25, -0.2) is 4.79 Å². The standard InChI is InChI=1S/C15H21N3O2/c1-4-10(2)16-15(20)17-13-6-5-12-7-8-18(11(3)19)14(12)9-13/h5-6,9-10H,4,7-8H2,1-3H3,(H2,16,17,20). The fourth-order valence-electron chi connectivity index (χ4n) is 2.28. The molecule has 1 aromatic carbocycles. The average molecular weight is 275 g/mol. The summed E-state index contributed by atoms with van der Waals surface area (Å²) in [6, 6.07) is 5.63. The van der Waals surface area contributed by atoms with Crippen molar-refractivity contribution in [2.24, 2.45) is 0 Å². The van der Waals surface area contributed by atoms with E-state index in [4.69, 9.17) is 0 Å². The van der Waals surface area contributed by atoms with Crippen LogP contribution < -0.4 is 15.5 Å². The highest BCUT2D eigenvalue weighted by Crippen LogP contribution is 2.30. The molecule has 0 aromatic heterocycles. The summed E-state index contributed by atoms with van der Waals surface area (Å²) < 4.78 is 0. The zero-order valence-corrected chi connectivity index (χ0v) is 12.2. The fourth-order valence-corrected chi connectivity index (χ4v) is 2.28. The number of rotatable bonds is 3. The Morgan fingerprint density at radius 2 is 2.15 bits per heavy atom. The van der Waals surface area contributed by atoms with E-state index in [-0.39, 0.29) is 18.0 Å². The molecule has 0 bridgehead atoms. The first-order valence-corrected chi connectivity index (χ1v) is 6.99. The van der Waals surface area contributed by atoms with Crippen LogP contribution >= 0.6 is 0 Å². The summed E-state index contributed by atoms with van der Waals surface area (Å²) in [6.07, 6.45) is 1.75. The molecule has 3 amide bonds. The van der Waals surface area contributed by atoms with E-state index < -0.39 is 0 Å². The molecule has 1 aliphatic rings. The molecule has 0 saturated heterocycles. The zero-order chi connectivity index (χ0) is 14.7. The highest BCUT2D eigenvalue weighted by molar-refractivity contribution is 5.96. The van der Waals surface area contributed by atoms with E-state index in [0.717, 1.165) is 24.1 Å². The molecule has 0 saturated carbocycles. The lowest BCUT2D eigenvalue weighted by Crippen LogP contribution is -2.35. The summed E-state index contributed by atoms with van der Waals surface area (Å²) in [5.74, 6) is 0.0324. The lowest BCUT2D eigenvalue weighted by molar-refractivity contribution is -0.116. The number of hydrogen-bond acceptors (Lipinski definition) is 2. The summed E-state index contributed by atoms with van der Waals surface area (Å²) in [5.41, 5.74) is 2.75. The summed E-state index contributed by atoms with van der Waals surface area (Å²) in [4.78, 5) is 25.1. The minimum atomic E-state index is -0.216. The van der Waals surface area contributed by atoms with E-state index in [2.05, 4.69) is 10.6 Å². The first-order chi connectivity index (χ1) is 9.51. The number of carbonyl (C=O) groups excluding carboxylic acids is 2. The molecule has 1 aromatic rings. The summed E-state index contributed by atoms with van der Waals surface area (Å²) in [6.45, 7) is 6.25. The van der Waals surface area contributed by atoms with E-state index in [0.29, 0.717) is 12.2 Å². The average Bonchev–Trinajstić information content (AvgIpc) is 2.81. The third-order valence-corrected chi connectivity index (χ3v) is 3.61. The Kier molecular flexibility index (Phi) is 4.27. The van der Waals surface area contributed by atoms with Gasteiger partial charge in [-0.2, -0.15) is 0 Å². The number of nitrogens with zero attached hydrogens (tertiary/aromatic N) is 1. The molecule has 1 aliphatic heterocycles. The van der Waals surface area contributed by atoms with Gasteiger partial charge in [0.2, 0.25) is 5.91 Å². The molecule has 2 rings (SSSR count). The Morgan fingerprint density at radius 3 is 2.80 bits per heavy atom. The maximum Gasteiger partial charge on any atom is 0.319 e. The maximum atomic E-state index is 11.8. The van der Waals surface area contributed by atoms with Crippen molar-refractivity contribution in [1.29, 1.82) is 0 Å². The topological polar surface area (TPSA) is 61.4 Å². The van der Waals surface area contributed by atoms with E-state index in [1.54, 1.807) is 11.8 Å². The number of benzene rings is 1. The number of fused-ring (bicyclic) bond motifs is 1. The lowest BCUT2D eigenvalue weighted by atomic mass is 10.1. The third kappa shape index (κ3) is 3.10. The van der Waals surface area contributed by atoms with Gasteiger partial charge in [0, 0.05) is 30.9 Å². The quantitative estimate of drug-likeness (QED) is 0.890. The Hall–Kier alpha value is -2.04. The van der Waals surface area contributed by atoms with Gasteiger partial charge in [-0.3, -0.25) is 4.79 Å². The van der Waals surface area contributed by atoms with Gasteiger partial charge in [-0.1, -0.05) is 13.0 Å². The van der Waals surface area contributed by atoms with Gasteiger partial charge >= 0.3 is 6.03 Å². The molecular weight excluding hydrogens is 254 g/mol. The molecule has 0 spiro atoms. The van der Waals surface area contributed by atoms with Crippen LogP contribution in [0.15, 0.2) is 18.2 Å². The Morgan fingerprint density at radius 1 is 1.40 bits per heavy atom. The van der Waals surface area contributed by atoms with Crippen molar-refractivity contribution in [3.05, 3.63) is 23.8 Å². The maximum absolute atomic E-state index is 11.8. The van der Waals surface area contributed by atoms with Gasteiger partial charge in [0.1, 0.15) is 0 Å². The second-order valence-corrected chi connectivity index (χ2v) is 5.17. The van der Waals surface area contributed by atoms with Gasteiger partial charge in [0.05, 0.1) is 0 Å². The molecule has 0 fully saturated rings. The lowest BCUT2D eigenvalue weighted by Gasteiger charge is -2.16. The first kappa shape index (κ1) is 14.4. The van der Waals surface area contributed by atoms with E-state index >= 15 is 0 Å². The largest absolute Gasteiger partial charge is 0.335 e. The second kappa shape index (κ2) is 5.94. The third-order valence-electron chi connectivity index (χ3n) is 3.61. The zero-order valence-electron chi connectivity index (χ0n) is 12.2. The summed E-state index contributed by atoms with van der Waals surface area (Å²) >= 11 is 0. The second-order valence-electron chi connectivity index (χ2n) is 5.17. The van der Waals surface area contributed by atoms with Crippen molar-refractivity contribution in [2.45, 2.75) is 39.7 Å². The van der Waals surface area contributed by atoms with Crippen molar-refractivity contribution in [2.75, 3.05) is 16.8 Å². The van der Waals surface area contributed by atoms with Gasteiger partial charge in [-0.05, 0) is 37.5 Å². The molecule has 2 N–H and O–H groups in total. The summed E-state index contributed by atoms with van der Waals surface area (Å²) in [7, 11) is 0. The van der Waals surface area contributed by atoms with Crippen molar-refractivity contribution in [3.63, 3.8) is 0 Å². The molecular formula is C15H21N3O2. The molecule has 1 atom stereocenters. The van der Waals surface area contributed by atoms with Crippen molar-refractivity contribution >= 4 is 23.3 Å². The highest BCUT2D eigenvalue weighted by atomic mass is 16.2. The van der Waals surface area contributed by atoms with Crippen LogP contribution in [0.5, 0.6) is 0 Å². The number of carbonyl (C=O) groups is 2. The van der Waals surface area contributed by atoms with Crippen LogP contribution in [0.2, 0.25) is 0 Å². The molecule has 0 aliphatic carbocycles. The van der Waals surface area contributed by atoms with Crippen molar-refractivity contribution in [3.8, 4) is 0 Å². The smallest absolute Gasteiger partial charge is 0.319 e. The Labute approximate surface area is 119 Å². The number of urea groups is 1. The van der Waals surface area contributed by atoms with Gasteiger partial charge in [0.25, 0.3) is 0 Å². The minimum Gasteiger partial charge on any atom is -0.335 e. The molecule has 1 heterocycles. The molecule has 0 radical (unpaired) electrons. The van der Waals surface area contributed by atoms with Crippen LogP contribution in [0.4, 0.5) is 16.2 Å². The van der Waals surface area contributed by atoms with Gasteiger partial charge in [0.15, 0.2) is 0 Å². The monoisotopic (exact) mass is 275 g/mol. The minimum absolute atomic E-state index is 0.0324. The SMILES string of the molecule is CCC(C)NC(=O)Nc1ccc2c(c1)N(C(C)=O)CC2. The predicted octanol–water partition coefficient (Wildman–Crippen LogP) is 2.52. The first-order valence-electron chi connectivity index (χ1n) is 6.99. The van der Waals surface area contributed by atoms with E-state index in [1.807, 2.05) is 32.0 Å². The molecule has 5 heteroatoms. The van der Waals surface area contributed by atoms with E-state index in [9.17, 15) is 9.59 Å². The number of hydrogen-bond donors (Lipinski definition) is 2. The van der Waals surface area contributed by atoms with E-state index in [1.165, 1.54) is 0 Å². The fraction of sp³-hybridized carbons (Fsp3) is 0.467. The normalized spacial score (nSPS) is 14.7. The van der Waals surface area contributed by atoms with Crippen molar-refractivity contribution < 1.29 is 9.59 Å².